The molecule has 2 aromatic rings. The lowest BCUT2D eigenvalue weighted by molar-refractivity contribution is 0.0678. The highest BCUT2D eigenvalue weighted by Gasteiger charge is 2.27. The van der Waals surface area contributed by atoms with Crippen molar-refractivity contribution in [1.29, 1.82) is 0 Å². The Balaban J connectivity index is 0.00000280. The van der Waals surface area contributed by atoms with Crippen LogP contribution < -0.4 is 5.32 Å². The first-order chi connectivity index (χ1) is 13.1. The summed E-state index contributed by atoms with van der Waals surface area (Å²) in [5.74, 6) is 1.60. The van der Waals surface area contributed by atoms with E-state index >= 15 is 0 Å². The number of hydrogen-bond acceptors (Lipinski definition) is 4. The number of likely N-dealkylation sites (tertiary alicyclic amines) is 1. The van der Waals surface area contributed by atoms with E-state index in [2.05, 4.69) is 29.2 Å². The van der Waals surface area contributed by atoms with Gasteiger partial charge in [-0.15, -0.1) is 17.5 Å². The highest BCUT2D eigenvalue weighted by Crippen LogP contribution is 2.22. The van der Waals surface area contributed by atoms with Gasteiger partial charge in [0.1, 0.15) is 5.82 Å². The van der Waals surface area contributed by atoms with Gasteiger partial charge < -0.3 is 10.2 Å². The number of benzene rings is 1. The number of carbonyl (C=O) groups excluding carboxylic acids is 1. The number of hydrogen-bond donors (Lipinski definition) is 1. The number of aryl methyl sites for hydroxylation is 1. The number of carbonyl (C=O) groups is 1. The minimum Gasteiger partial charge on any atom is -0.336 e. The van der Waals surface area contributed by atoms with Crippen LogP contribution in [0.4, 0.5) is 0 Å². The molecule has 0 saturated carbocycles. The fourth-order valence-corrected chi connectivity index (χ4v) is 3.68. The lowest BCUT2D eigenvalue weighted by Crippen LogP contribution is -2.41. The largest absolute Gasteiger partial charge is 0.336 e. The SMILES string of the molecule is CCCc1nc(C(=O)N2CCC(CNCC)CC2)nn1-c1ccccc1Cl.Cl. The Labute approximate surface area is 178 Å². The quantitative estimate of drug-likeness (QED) is 0.733. The Kier molecular flexibility index (Phi) is 8.73. The topological polar surface area (TPSA) is 63.1 Å². The van der Waals surface area contributed by atoms with Crippen LogP contribution in [0.15, 0.2) is 24.3 Å². The normalized spacial score (nSPS) is 14.8. The van der Waals surface area contributed by atoms with E-state index in [9.17, 15) is 4.79 Å². The smallest absolute Gasteiger partial charge is 0.293 e. The fourth-order valence-electron chi connectivity index (χ4n) is 3.47. The van der Waals surface area contributed by atoms with Gasteiger partial charge in [0, 0.05) is 19.5 Å². The van der Waals surface area contributed by atoms with Crippen LogP contribution in [0.5, 0.6) is 0 Å². The second kappa shape index (κ2) is 10.8. The third-order valence-corrected chi connectivity index (χ3v) is 5.32. The van der Waals surface area contributed by atoms with Gasteiger partial charge in [0.2, 0.25) is 5.82 Å². The molecule has 0 bridgehead atoms. The van der Waals surface area contributed by atoms with Crippen molar-refractivity contribution in [2.45, 2.75) is 39.5 Å². The van der Waals surface area contributed by atoms with Crippen LogP contribution in [-0.4, -0.2) is 51.8 Å². The standard InChI is InChI=1S/C20H28ClN5O.ClH/c1-3-7-18-23-19(24-26(18)17-9-6-5-8-16(17)21)20(27)25-12-10-15(11-13-25)14-22-4-2;/h5-6,8-9,15,22H,3-4,7,10-14H2,1-2H3;1H. The zero-order valence-electron chi connectivity index (χ0n) is 16.5. The first-order valence-corrected chi connectivity index (χ1v) is 10.2. The van der Waals surface area contributed by atoms with Crippen molar-refractivity contribution in [2.75, 3.05) is 26.2 Å². The van der Waals surface area contributed by atoms with Gasteiger partial charge in [-0.25, -0.2) is 9.67 Å². The Bertz CT molecular complexity index is 772. The van der Waals surface area contributed by atoms with E-state index in [1.165, 1.54) is 0 Å². The summed E-state index contributed by atoms with van der Waals surface area (Å²) in [6.07, 6.45) is 3.71. The number of nitrogens with one attached hydrogen (secondary N) is 1. The zero-order valence-corrected chi connectivity index (χ0v) is 18.1. The molecule has 3 rings (SSSR count). The van der Waals surface area contributed by atoms with Gasteiger partial charge in [-0.2, -0.15) is 0 Å². The fraction of sp³-hybridized carbons (Fsp3) is 0.550. The Morgan fingerprint density at radius 2 is 1.96 bits per heavy atom. The third kappa shape index (κ3) is 5.25. The molecule has 154 valence electrons. The minimum absolute atomic E-state index is 0. The van der Waals surface area contributed by atoms with Gasteiger partial charge in [-0.1, -0.05) is 37.6 Å². The van der Waals surface area contributed by atoms with E-state index in [0.29, 0.717) is 10.9 Å². The summed E-state index contributed by atoms with van der Waals surface area (Å²) in [4.78, 5) is 19.4. The number of para-hydroxylation sites is 1. The molecule has 1 N–H and O–H groups in total. The molecule has 1 aromatic carbocycles. The van der Waals surface area contributed by atoms with Crippen LogP contribution in [0.1, 0.15) is 49.6 Å². The van der Waals surface area contributed by atoms with E-state index in [4.69, 9.17) is 11.6 Å². The maximum Gasteiger partial charge on any atom is 0.293 e. The van der Waals surface area contributed by atoms with Crippen LogP contribution in [0.25, 0.3) is 5.69 Å². The summed E-state index contributed by atoms with van der Waals surface area (Å²) in [5, 5.41) is 8.52. The van der Waals surface area contributed by atoms with Gasteiger partial charge in [0.05, 0.1) is 10.7 Å². The maximum absolute atomic E-state index is 12.9. The highest BCUT2D eigenvalue weighted by molar-refractivity contribution is 6.32. The molecule has 0 aliphatic carbocycles. The third-order valence-electron chi connectivity index (χ3n) is 5.00. The van der Waals surface area contributed by atoms with Crippen molar-refractivity contribution in [2.24, 2.45) is 5.92 Å². The van der Waals surface area contributed by atoms with Crippen molar-refractivity contribution in [3.8, 4) is 5.69 Å². The van der Waals surface area contributed by atoms with E-state index in [0.717, 1.165) is 63.4 Å². The maximum atomic E-state index is 12.9. The van der Waals surface area contributed by atoms with Crippen molar-refractivity contribution < 1.29 is 4.79 Å². The number of nitrogens with zero attached hydrogens (tertiary/aromatic N) is 4. The van der Waals surface area contributed by atoms with E-state index < -0.39 is 0 Å². The summed E-state index contributed by atoms with van der Waals surface area (Å²) >= 11 is 6.34. The molecule has 0 radical (unpaired) electrons. The molecule has 6 nitrogen and oxygen atoms in total. The summed E-state index contributed by atoms with van der Waals surface area (Å²) in [6.45, 7) is 7.74. The summed E-state index contributed by atoms with van der Waals surface area (Å²) in [5.41, 5.74) is 0.763. The van der Waals surface area contributed by atoms with E-state index in [1.54, 1.807) is 4.68 Å². The van der Waals surface area contributed by atoms with Crippen LogP contribution in [-0.2, 0) is 6.42 Å². The molecular weight excluding hydrogens is 397 g/mol. The molecule has 0 unspecified atom stereocenters. The second-order valence-corrected chi connectivity index (χ2v) is 7.42. The highest BCUT2D eigenvalue weighted by atomic mass is 35.5. The lowest BCUT2D eigenvalue weighted by atomic mass is 9.97. The van der Waals surface area contributed by atoms with Crippen LogP contribution in [0.3, 0.4) is 0 Å². The summed E-state index contributed by atoms with van der Waals surface area (Å²) in [7, 11) is 0. The molecule has 0 atom stereocenters. The van der Waals surface area contributed by atoms with Crippen LogP contribution in [0.2, 0.25) is 5.02 Å². The molecule has 1 aliphatic heterocycles. The van der Waals surface area contributed by atoms with Crippen molar-refractivity contribution >= 4 is 29.9 Å². The predicted molar refractivity (Wildman–Crippen MR) is 115 cm³/mol. The number of aromatic nitrogens is 3. The molecule has 0 spiro atoms. The zero-order chi connectivity index (χ0) is 19.2. The Hall–Kier alpha value is -1.63. The first-order valence-electron chi connectivity index (χ1n) is 9.84. The first kappa shape index (κ1) is 22.7. The second-order valence-electron chi connectivity index (χ2n) is 7.01. The summed E-state index contributed by atoms with van der Waals surface area (Å²) < 4.78 is 1.72. The molecule has 2 heterocycles. The Morgan fingerprint density at radius 1 is 1.25 bits per heavy atom. The van der Waals surface area contributed by atoms with Gasteiger partial charge in [-0.05, 0) is 50.4 Å². The number of amides is 1. The number of piperidine rings is 1. The van der Waals surface area contributed by atoms with Gasteiger partial charge in [0.15, 0.2) is 0 Å². The lowest BCUT2D eigenvalue weighted by Gasteiger charge is -2.31. The predicted octanol–water partition coefficient (Wildman–Crippen LogP) is 3.76. The average molecular weight is 426 g/mol. The number of rotatable bonds is 7. The average Bonchev–Trinajstić information content (AvgIpc) is 3.10. The molecular formula is C20H29Cl2N5O. The van der Waals surface area contributed by atoms with Crippen molar-refractivity contribution in [3.63, 3.8) is 0 Å². The molecule has 8 heteroatoms. The molecule has 1 aliphatic rings. The van der Waals surface area contributed by atoms with Gasteiger partial charge in [0.25, 0.3) is 5.91 Å². The van der Waals surface area contributed by atoms with Gasteiger partial charge >= 0.3 is 0 Å². The van der Waals surface area contributed by atoms with Crippen LogP contribution in [0, 0.1) is 5.92 Å². The molecule has 28 heavy (non-hydrogen) atoms. The van der Waals surface area contributed by atoms with E-state index in [1.807, 2.05) is 29.2 Å². The molecule has 1 fully saturated rings. The van der Waals surface area contributed by atoms with Crippen LogP contribution >= 0.6 is 24.0 Å². The molecule has 1 saturated heterocycles. The van der Waals surface area contributed by atoms with Crippen molar-refractivity contribution in [3.05, 3.63) is 40.9 Å². The Morgan fingerprint density at radius 3 is 2.61 bits per heavy atom. The molecule has 1 amide bonds. The number of halogens is 2. The van der Waals surface area contributed by atoms with Crippen molar-refractivity contribution in [1.82, 2.24) is 25.0 Å². The van der Waals surface area contributed by atoms with Gasteiger partial charge in [-0.3, -0.25) is 4.79 Å². The van der Waals surface area contributed by atoms with E-state index in [-0.39, 0.29) is 24.1 Å². The summed E-state index contributed by atoms with van der Waals surface area (Å²) in [6, 6.07) is 7.52. The monoisotopic (exact) mass is 425 g/mol. The minimum atomic E-state index is -0.0833. The molecule has 1 aromatic heterocycles.